The Bertz CT molecular complexity index is 1370. The number of halogens is 1. The number of carbonyl (C=O) groups excluding carboxylic acids is 1. The molecule has 0 saturated heterocycles. The van der Waals surface area contributed by atoms with Gasteiger partial charge >= 0.3 is 0 Å². The number of aryl methyl sites for hydroxylation is 2. The molecular formula is C29H32ClN3O4. The minimum absolute atomic E-state index is 0.0541. The van der Waals surface area contributed by atoms with Crippen molar-refractivity contribution < 1.29 is 19.0 Å². The highest BCUT2D eigenvalue weighted by Gasteiger charge is 2.12. The number of carbonyl (C=O) groups is 1. The van der Waals surface area contributed by atoms with Crippen LogP contribution < -0.4 is 19.5 Å². The number of imidazole rings is 1. The summed E-state index contributed by atoms with van der Waals surface area (Å²) >= 11 is 6.11. The first-order chi connectivity index (χ1) is 18.0. The van der Waals surface area contributed by atoms with E-state index in [-0.39, 0.29) is 12.3 Å². The molecule has 4 rings (SSSR count). The quantitative estimate of drug-likeness (QED) is 0.253. The van der Waals surface area contributed by atoms with Gasteiger partial charge in [0, 0.05) is 24.5 Å². The lowest BCUT2D eigenvalue weighted by Gasteiger charge is -2.12. The predicted molar refractivity (Wildman–Crippen MR) is 146 cm³/mol. The smallest absolute Gasteiger partial charge is 0.224 e. The van der Waals surface area contributed by atoms with Crippen molar-refractivity contribution >= 4 is 28.5 Å². The third kappa shape index (κ3) is 6.74. The highest BCUT2D eigenvalue weighted by atomic mass is 35.5. The predicted octanol–water partition coefficient (Wildman–Crippen LogP) is 5.39. The van der Waals surface area contributed by atoms with E-state index in [9.17, 15) is 4.79 Å². The number of rotatable bonds is 12. The van der Waals surface area contributed by atoms with Crippen molar-refractivity contribution in [1.82, 2.24) is 14.9 Å². The van der Waals surface area contributed by atoms with Crippen LogP contribution >= 0.6 is 11.6 Å². The highest BCUT2D eigenvalue weighted by molar-refractivity contribution is 6.31. The van der Waals surface area contributed by atoms with Gasteiger partial charge in [0.1, 0.15) is 11.6 Å². The van der Waals surface area contributed by atoms with Crippen LogP contribution in [0.5, 0.6) is 17.2 Å². The number of ether oxygens (including phenoxy) is 3. The van der Waals surface area contributed by atoms with Gasteiger partial charge in [-0.3, -0.25) is 4.79 Å². The fourth-order valence-electron chi connectivity index (χ4n) is 4.24. The molecule has 1 N–H and O–H groups in total. The summed E-state index contributed by atoms with van der Waals surface area (Å²) in [6, 6.07) is 19.3. The van der Waals surface area contributed by atoms with Gasteiger partial charge in [-0.15, -0.1) is 0 Å². The summed E-state index contributed by atoms with van der Waals surface area (Å²) in [4.78, 5) is 17.4. The van der Waals surface area contributed by atoms with E-state index >= 15 is 0 Å². The summed E-state index contributed by atoms with van der Waals surface area (Å²) in [5.41, 5.74) is 3.88. The fraction of sp³-hybridized carbons (Fsp3) is 0.310. The number of hydrogen-bond acceptors (Lipinski definition) is 5. The van der Waals surface area contributed by atoms with E-state index in [2.05, 4.69) is 16.0 Å². The second-order valence-electron chi connectivity index (χ2n) is 8.75. The molecule has 1 amide bonds. The van der Waals surface area contributed by atoms with Gasteiger partial charge < -0.3 is 24.1 Å². The van der Waals surface area contributed by atoms with Gasteiger partial charge in [0.15, 0.2) is 11.5 Å². The lowest BCUT2D eigenvalue weighted by Crippen LogP contribution is -2.28. The standard InChI is InChI=1S/C29H32ClN3O4/c1-20-17-22(10-11-23(20)30)37-16-6-15-33-25-8-5-4-7-24(25)32-28(33)13-14-31-29(34)19-21-9-12-26(35-2)27(18-21)36-3/h4-5,7-12,17-18H,6,13-16,19H2,1-3H3,(H,31,34). The third-order valence-corrected chi connectivity index (χ3v) is 6.57. The van der Waals surface area contributed by atoms with Crippen molar-refractivity contribution in [3.05, 3.63) is 82.6 Å². The van der Waals surface area contributed by atoms with Gasteiger partial charge in [-0.25, -0.2) is 4.98 Å². The van der Waals surface area contributed by atoms with Crippen molar-refractivity contribution in [1.29, 1.82) is 0 Å². The molecule has 0 aliphatic heterocycles. The topological polar surface area (TPSA) is 74.6 Å². The molecule has 1 aromatic heterocycles. The Morgan fingerprint density at radius 2 is 1.84 bits per heavy atom. The van der Waals surface area contributed by atoms with Gasteiger partial charge in [0.05, 0.1) is 38.3 Å². The Labute approximate surface area is 222 Å². The van der Waals surface area contributed by atoms with Crippen LogP contribution in [0.4, 0.5) is 0 Å². The molecule has 4 aromatic rings. The van der Waals surface area contributed by atoms with Crippen molar-refractivity contribution in [2.75, 3.05) is 27.4 Å². The first-order valence-corrected chi connectivity index (χ1v) is 12.7. The molecule has 0 saturated carbocycles. The highest BCUT2D eigenvalue weighted by Crippen LogP contribution is 2.27. The molecule has 0 unspecified atom stereocenters. The first-order valence-electron chi connectivity index (χ1n) is 12.3. The Morgan fingerprint density at radius 3 is 2.62 bits per heavy atom. The summed E-state index contributed by atoms with van der Waals surface area (Å²) < 4.78 is 18.7. The van der Waals surface area contributed by atoms with Gasteiger partial charge in [0.2, 0.25) is 5.91 Å². The number of para-hydroxylation sites is 2. The first kappa shape index (κ1) is 26.4. The number of methoxy groups -OCH3 is 2. The van der Waals surface area contributed by atoms with Crippen LogP contribution in [0, 0.1) is 6.92 Å². The molecule has 0 fully saturated rings. The van der Waals surface area contributed by atoms with Crippen LogP contribution in [-0.2, 0) is 24.2 Å². The van der Waals surface area contributed by atoms with E-state index in [4.69, 9.17) is 30.8 Å². The normalized spacial score (nSPS) is 10.9. The third-order valence-electron chi connectivity index (χ3n) is 6.14. The summed E-state index contributed by atoms with van der Waals surface area (Å²) in [6.45, 7) is 3.80. The minimum Gasteiger partial charge on any atom is -0.494 e. The maximum atomic E-state index is 12.6. The zero-order valence-electron chi connectivity index (χ0n) is 21.4. The molecule has 0 aliphatic rings. The molecule has 7 nitrogen and oxygen atoms in total. The molecule has 8 heteroatoms. The number of hydrogen-bond donors (Lipinski definition) is 1. The largest absolute Gasteiger partial charge is 0.494 e. The van der Waals surface area contributed by atoms with E-state index in [0.29, 0.717) is 31.1 Å². The maximum Gasteiger partial charge on any atom is 0.224 e. The number of fused-ring (bicyclic) bond motifs is 1. The van der Waals surface area contributed by atoms with E-state index in [1.807, 2.05) is 61.5 Å². The summed E-state index contributed by atoms with van der Waals surface area (Å²) in [6.07, 6.45) is 1.71. The number of aromatic nitrogens is 2. The molecule has 3 aromatic carbocycles. The molecule has 37 heavy (non-hydrogen) atoms. The molecule has 194 valence electrons. The Morgan fingerprint density at radius 1 is 1.03 bits per heavy atom. The van der Waals surface area contributed by atoms with Crippen LogP contribution in [0.25, 0.3) is 11.0 Å². The molecular weight excluding hydrogens is 490 g/mol. The summed E-state index contributed by atoms with van der Waals surface area (Å²) in [5, 5.41) is 3.75. The molecule has 0 atom stereocenters. The molecule has 0 spiro atoms. The molecule has 0 radical (unpaired) electrons. The molecule has 1 heterocycles. The number of nitrogens with one attached hydrogen (secondary N) is 1. The average Bonchev–Trinajstić information content (AvgIpc) is 3.25. The van der Waals surface area contributed by atoms with E-state index < -0.39 is 0 Å². The van der Waals surface area contributed by atoms with E-state index in [1.54, 1.807) is 14.2 Å². The Kier molecular flexibility index (Phi) is 8.90. The van der Waals surface area contributed by atoms with Gasteiger partial charge in [-0.2, -0.15) is 0 Å². The summed E-state index contributed by atoms with van der Waals surface area (Å²) in [5.74, 6) is 2.95. The van der Waals surface area contributed by atoms with Crippen LogP contribution in [0.3, 0.4) is 0 Å². The van der Waals surface area contributed by atoms with Crippen LogP contribution in [-0.4, -0.2) is 42.8 Å². The number of nitrogens with zero attached hydrogens (tertiary/aromatic N) is 2. The van der Waals surface area contributed by atoms with Gasteiger partial charge in [0.25, 0.3) is 0 Å². The average molecular weight is 522 g/mol. The second kappa shape index (κ2) is 12.5. The zero-order chi connectivity index (χ0) is 26.2. The van der Waals surface area contributed by atoms with Crippen molar-refractivity contribution in [3.8, 4) is 17.2 Å². The van der Waals surface area contributed by atoms with E-state index in [1.165, 1.54) is 0 Å². The Balaban J connectivity index is 1.33. The monoisotopic (exact) mass is 521 g/mol. The van der Waals surface area contributed by atoms with Crippen LogP contribution in [0.15, 0.2) is 60.7 Å². The summed E-state index contributed by atoms with van der Waals surface area (Å²) in [7, 11) is 3.17. The number of amides is 1. The van der Waals surface area contributed by atoms with Crippen molar-refractivity contribution in [3.63, 3.8) is 0 Å². The van der Waals surface area contributed by atoms with Crippen LogP contribution in [0.2, 0.25) is 5.02 Å². The van der Waals surface area contributed by atoms with Gasteiger partial charge in [-0.1, -0.05) is 29.8 Å². The van der Waals surface area contributed by atoms with Crippen molar-refractivity contribution in [2.45, 2.75) is 32.7 Å². The molecule has 0 aliphatic carbocycles. The molecule has 0 bridgehead atoms. The van der Waals surface area contributed by atoms with Gasteiger partial charge in [-0.05, 0) is 66.9 Å². The fourth-order valence-corrected chi connectivity index (χ4v) is 4.36. The zero-order valence-corrected chi connectivity index (χ0v) is 22.2. The maximum absolute atomic E-state index is 12.6. The minimum atomic E-state index is -0.0541. The van der Waals surface area contributed by atoms with Crippen LogP contribution in [0.1, 0.15) is 23.4 Å². The Hall–Kier alpha value is -3.71. The SMILES string of the molecule is COc1ccc(CC(=O)NCCc2nc3ccccc3n2CCCOc2ccc(Cl)c(C)c2)cc1OC. The second-order valence-corrected chi connectivity index (χ2v) is 9.15. The lowest BCUT2D eigenvalue weighted by atomic mass is 10.1. The van der Waals surface area contributed by atoms with E-state index in [0.717, 1.165) is 51.7 Å². The number of benzene rings is 3. The lowest BCUT2D eigenvalue weighted by molar-refractivity contribution is -0.120. The van der Waals surface area contributed by atoms with Crippen molar-refractivity contribution in [2.24, 2.45) is 0 Å².